The van der Waals surface area contributed by atoms with Crippen molar-refractivity contribution in [1.82, 2.24) is 0 Å². The number of rotatable bonds is 2. The molecule has 0 aromatic heterocycles. The van der Waals surface area contributed by atoms with E-state index in [1.165, 1.54) is 5.56 Å². The number of benzene rings is 1. The first-order valence-electron chi connectivity index (χ1n) is 6.28. The summed E-state index contributed by atoms with van der Waals surface area (Å²) in [6, 6.07) is 6.04. The summed E-state index contributed by atoms with van der Waals surface area (Å²) in [7, 11) is 0. The van der Waals surface area contributed by atoms with E-state index in [0.29, 0.717) is 0 Å². The number of amidine groups is 1. The standard InChI is InChI=1S/C14H19ClN2S/c1-4-14(3)7-8-18-13(17-14)16-12-6-5-10(2)9-11(12)15/h5-6,9H,4,7-8H2,1-3H3,(H,16,17). The van der Waals surface area contributed by atoms with Crippen LogP contribution in [0.3, 0.4) is 0 Å². The van der Waals surface area contributed by atoms with Gasteiger partial charge in [-0.2, -0.15) is 0 Å². The Kier molecular flexibility index (Phi) is 4.23. The van der Waals surface area contributed by atoms with Crippen molar-refractivity contribution in [2.45, 2.75) is 39.2 Å². The molecule has 1 aromatic rings. The second kappa shape index (κ2) is 5.54. The maximum Gasteiger partial charge on any atom is 0.161 e. The van der Waals surface area contributed by atoms with Crippen molar-refractivity contribution in [3.8, 4) is 0 Å². The van der Waals surface area contributed by atoms with Gasteiger partial charge in [0.05, 0.1) is 16.2 Å². The summed E-state index contributed by atoms with van der Waals surface area (Å²) in [5.41, 5.74) is 2.18. The van der Waals surface area contributed by atoms with Gasteiger partial charge in [-0.1, -0.05) is 36.4 Å². The highest BCUT2D eigenvalue weighted by Gasteiger charge is 2.26. The van der Waals surface area contributed by atoms with Gasteiger partial charge < -0.3 is 5.32 Å². The van der Waals surface area contributed by atoms with E-state index in [2.05, 4.69) is 25.2 Å². The average Bonchev–Trinajstić information content (AvgIpc) is 2.33. The van der Waals surface area contributed by atoms with Gasteiger partial charge in [0.2, 0.25) is 0 Å². The lowest BCUT2D eigenvalue weighted by atomic mass is 9.97. The molecule has 1 unspecified atom stereocenters. The Morgan fingerprint density at radius 1 is 1.50 bits per heavy atom. The monoisotopic (exact) mass is 282 g/mol. The molecule has 0 aliphatic carbocycles. The quantitative estimate of drug-likeness (QED) is 0.849. The lowest BCUT2D eigenvalue weighted by molar-refractivity contribution is 0.443. The molecule has 0 bridgehead atoms. The predicted octanol–water partition coefficient (Wildman–Crippen LogP) is 4.72. The first-order chi connectivity index (χ1) is 8.52. The zero-order valence-electron chi connectivity index (χ0n) is 11.1. The van der Waals surface area contributed by atoms with Crippen LogP contribution in [-0.4, -0.2) is 16.5 Å². The van der Waals surface area contributed by atoms with Gasteiger partial charge in [0.1, 0.15) is 0 Å². The Labute approximate surface area is 118 Å². The summed E-state index contributed by atoms with van der Waals surface area (Å²) in [6.07, 6.45) is 2.21. The molecule has 1 N–H and O–H groups in total. The number of aliphatic imine (C=N–C) groups is 1. The molecular formula is C14H19ClN2S. The van der Waals surface area contributed by atoms with Crippen LogP contribution in [0.25, 0.3) is 0 Å². The molecule has 0 radical (unpaired) electrons. The topological polar surface area (TPSA) is 24.4 Å². The number of thioether (sulfide) groups is 1. The van der Waals surface area contributed by atoms with Gasteiger partial charge >= 0.3 is 0 Å². The third-order valence-electron chi connectivity index (χ3n) is 3.38. The molecule has 2 rings (SSSR count). The summed E-state index contributed by atoms with van der Waals surface area (Å²) < 4.78 is 0. The van der Waals surface area contributed by atoms with Crippen molar-refractivity contribution in [3.05, 3.63) is 28.8 Å². The van der Waals surface area contributed by atoms with Gasteiger partial charge in [-0.25, -0.2) is 0 Å². The van der Waals surface area contributed by atoms with Gasteiger partial charge in [-0.3, -0.25) is 4.99 Å². The summed E-state index contributed by atoms with van der Waals surface area (Å²) in [6.45, 7) is 6.44. The summed E-state index contributed by atoms with van der Waals surface area (Å²) in [5.74, 6) is 1.11. The molecule has 0 fully saturated rings. The van der Waals surface area contributed by atoms with Crippen LogP contribution >= 0.6 is 23.4 Å². The van der Waals surface area contributed by atoms with E-state index < -0.39 is 0 Å². The van der Waals surface area contributed by atoms with Gasteiger partial charge in [-0.05, 0) is 44.4 Å². The van der Waals surface area contributed by atoms with Gasteiger partial charge in [-0.15, -0.1) is 0 Å². The van der Waals surface area contributed by atoms with Gasteiger partial charge in [0, 0.05) is 5.75 Å². The second-order valence-electron chi connectivity index (χ2n) is 4.97. The highest BCUT2D eigenvalue weighted by molar-refractivity contribution is 8.14. The summed E-state index contributed by atoms with van der Waals surface area (Å²) >= 11 is 8.00. The minimum atomic E-state index is 0.0742. The predicted molar refractivity (Wildman–Crippen MR) is 83.0 cm³/mol. The van der Waals surface area contributed by atoms with Crippen molar-refractivity contribution in [1.29, 1.82) is 0 Å². The summed E-state index contributed by atoms with van der Waals surface area (Å²) in [5, 5.41) is 5.08. The average molecular weight is 283 g/mol. The number of halogens is 1. The van der Waals surface area contributed by atoms with Crippen molar-refractivity contribution >= 4 is 34.2 Å². The fraction of sp³-hybridized carbons (Fsp3) is 0.500. The van der Waals surface area contributed by atoms with E-state index >= 15 is 0 Å². The minimum Gasteiger partial charge on any atom is -0.334 e. The SMILES string of the molecule is CCC1(C)CCSC(Nc2ccc(C)cc2Cl)=N1. The van der Waals surface area contributed by atoms with Crippen LogP contribution in [0.15, 0.2) is 23.2 Å². The Bertz CT molecular complexity index is 473. The highest BCUT2D eigenvalue weighted by Crippen LogP contribution is 2.31. The highest BCUT2D eigenvalue weighted by atomic mass is 35.5. The summed E-state index contributed by atoms with van der Waals surface area (Å²) in [4.78, 5) is 4.80. The van der Waals surface area contributed by atoms with Crippen molar-refractivity contribution in [2.75, 3.05) is 11.1 Å². The minimum absolute atomic E-state index is 0.0742. The number of anilines is 1. The van der Waals surface area contributed by atoms with E-state index in [9.17, 15) is 0 Å². The van der Waals surface area contributed by atoms with E-state index in [1.54, 1.807) is 11.8 Å². The maximum atomic E-state index is 6.23. The van der Waals surface area contributed by atoms with Crippen LogP contribution in [0.1, 0.15) is 32.3 Å². The van der Waals surface area contributed by atoms with Crippen LogP contribution in [0.2, 0.25) is 5.02 Å². The van der Waals surface area contributed by atoms with Crippen LogP contribution in [0, 0.1) is 6.92 Å². The smallest absolute Gasteiger partial charge is 0.161 e. The van der Waals surface area contributed by atoms with E-state index in [1.807, 2.05) is 19.1 Å². The zero-order valence-corrected chi connectivity index (χ0v) is 12.7. The fourth-order valence-corrected chi connectivity index (χ4v) is 3.34. The molecule has 1 aliphatic heterocycles. The van der Waals surface area contributed by atoms with E-state index in [0.717, 1.165) is 34.5 Å². The van der Waals surface area contributed by atoms with Crippen molar-refractivity contribution < 1.29 is 0 Å². The van der Waals surface area contributed by atoms with Gasteiger partial charge in [0.15, 0.2) is 5.17 Å². The number of nitrogens with one attached hydrogen (secondary N) is 1. The maximum absolute atomic E-state index is 6.23. The molecular weight excluding hydrogens is 264 g/mol. The van der Waals surface area contributed by atoms with Gasteiger partial charge in [0.25, 0.3) is 0 Å². The van der Waals surface area contributed by atoms with Crippen LogP contribution in [-0.2, 0) is 0 Å². The lowest BCUT2D eigenvalue weighted by Gasteiger charge is -2.29. The third-order valence-corrected chi connectivity index (χ3v) is 4.57. The molecule has 1 aromatic carbocycles. The molecule has 98 valence electrons. The lowest BCUT2D eigenvalue weighted by Crippen LogP contribution is -2.29. The molecule has 0 saturated carbocycles. The normalized spacial score (nSPS) is 23.7. The number of hydrogen-bond donors (Lipinski definition) is 1. The number of aryl methyl sites for hydroxylation is 1. The first-order valence-corrected chi connectivity index (χ1v) is 7.64. The third kappa shape index (κ3) is 3.21. The Morgan fingerprint density at radius 3 is 2.94 bits per heavy atom. The second-order valence-corrected chi connectivity index (χ2v) is 6.47. The molecule has 0 spiro atoms. The molecule has 1 heterocycles. The molecule has 18 heavy (non-hydrogen) atoms. The number of hydrogen-bond acceptors (Lipinski definition) is 3. The van der Waals surface area contributed by atoms with Crippen LogP contribution < -0.4 is 5.32 Å². The Morgan fingerprint density at radius 2 is 2.28 bits per heavy atom. The zero-order chi connectivity index (χ0) is 13.2. The van der Waals surface area contributed by atoms with E-state index in [4.69, 9.17) is 16.6 Å². The number of nitrogens with zero attached hydrogens (tertiary/aromatic N) is 1. The fourth-order valence-electron chi connectivity index (χ4n) is 1.86. The van der Waals surface area contributed by atoms with Crippen LogP contribution in [0.5, 0.6) is 0 Å². The van der Waals surface area contributed by atoms with Crippen molar-refractivity contribution in [2.24, 2.45) is 4.99 Å². The molecule has 0 saturated heterocycles. The largest absolute Gasteiger partial charge is 0.334 e. The molecule has 1 atom stereocenters. The molecule has 0 amide bonds. The van der Waals surface area contributed by atoms with Crippen molar-refractivity contribution in [3.63, 3.8) is 0 Å². The van der Waals surface area contributed by atoms with E-state index in [-0.39, 0.29) is 5.54 Å². The molecule has 1 aliphatic rings. The first kappa shape index (κ1) is 13.8. The Balaban J connectivity index is 2.18. The Hall–Kier alpha value is -0.670. The van der Waals surface area contributed by atoms with Crippen LogP contribution in [0.4, 0.5) is 5.69 Å². The molecule has 2 nitrogen and oxygen atoms in total. The molecule has 4 heteroatoms.